The van der Waals surface area contributed by atoms with E-state index in [1.165, 1.54) is 21.3 Å². The summed E-state index contributed by atoms with van der Waals surface area (Å²) in [5, 5.41) is 3.10. The Kier molecular flexibility index (Phi) is 10.0. The molecule has 9 heteroatoms. The van der Waals surface area contributed by atoms with Crippen molar-refractivity contribution < 1.29 is 18.0 Å². The van der Waals surface area contributed by atoms with Gasteiger partial charge in [0.2, 0.25) is 11.8 Å². The Morgan fingerprint density at radius 2 is 1.57 bits per heavy atom. The Morgan fingerprint density at radius 3 is 2.23 bits per heavy atom. The summed E-state index contributed by atoms with van der Waals surface area (Å²) in [6.45, 7) is 3.38. The maximum atomic E-state index is 14.1. The Balaban J connectivity index is 1.70. The molecule has 4 rings (SSSR count). The molecular weight excluding hydrogens is 590 g/mol. The average Bonchev–Trinajstić information content (AvgIpc) is 3.48. The molecule has 3 aromatic rings. The molecule has 1 aliphatic rings. The van der Waals surface area contributed by atoms with Crippen molar-refractivity contribution in [2.24, 2.45) is 0 Å². The summed E-state index contributed by atoms with van der Waals surface area (Å²) in [5.41, 5.74) is 2.10. The molecule has 1 N–H and O–H groups in total. The summed E-state index contributed by atoms with van der Waals surface area (Å²) in [4.78, 5) is 29.0. The summed E-state index contributed by atoms with van der Waals surface area (Å²) < 4.78 is 30.0. The molecule has 1 fully saturated rings. The minimum absolute atomic E-state index is 0.0974. The number of carbonyl (C=O) groups is 2. The minimum Gasteiger partial charge on any atom is -0.352 e. The highest BCUT2D eigenvalue weighted by Crippen LogP contribution is 2.28. The fraction of sp³-hybridized carbons (Fsp3) is 0.355. The van der Waals surface area contributed by atoms with Crippen LogP contribution in [0.2, 0.25) is 0 Å². The number of hydrogen-bond acceptors (Lipinski definition) is 4. The smallest absolute Gasteiger partial charge is 0.264 e. The van der Waals surface area contributed by atoms with E-state index in [9.17, 15) is 18.0 Å². The van der Waals surface area contributed by atoms with Crippen LogP contribution in [0.3, 0.4) is 0 Å². The van der Waals surface area contributed by atoms with Gasteiger partial charge < -0.3 is 10.2 Å². The van der Waals surface area contributed by atoms with Gasteiger partial charge in [0.25, 0.3) is 10.0 Å². The van der Waals surface area contributed by atoms with Gasteiger partial charge in [-0.3, -0.25) is 13.9 Å². The topological polar surface area (TPSA) is 86.8 Å². The zero-order chi connectivity index (χ0) is 28.7. The number of carbonyl (C=O) groups excluding carboxylic acids is 2. The van der Waals surface area contributed by atoms with E-state index < -0.39 is 28.5 Å². The first-order valence-electron chi connectivity index (χ1n) is 13.7. The number of anilines is 1. The molecule has 1 saturated carbocycles. The van der Waals surface area contributed by atoms with E-state index in [0.717, 1.165) is 41.3 Å². The minimum atomic E-state index is -4.08. The highest BCUT2D eigenvalue weighted by molar-refractivity contribution is 9.10. The summed E-state index contributed by atoms with van der Waals surface area (Å²) in [7, 11) is -4.08. The van der Waals surface area contributed by atoms with Gasteiger partial charge in [-0.1, -0.05) is 84.2 Å². The van der Waals surface area contributed by atoms with Gasteiger partial charge in [0.15, 0.2) is 0 Å². The number of rotatable bonds is 11. The van der Waals surface area contributed by atoms with Gasteiger partial charge >= 0.3 is 0 Å². The summed E-state index contributed by atoms with van der Waals surface area (Å²) in [6, 6.07) is 22.2. The number of para-hydroxylation sites is 1. The first kappa shape index (κ1) is 29.8. The second kappa shape index (κ2) is 13.5. The Hall–Kier alpha value is -3.17. The summed E-state index contributed by atoms with van der Waals surface area (Å²) >= 11 is 3.44. The van der Waals surface area contributed by atoms with Crippen LogP contribution in [0.25, 0.3) is 0 Å². The lowest BCUT2D eigenvalue weighted by Gasteiger charge is -2.33. The average molecular weight is 627 g/mol. The van der Waals surface area contributed by atoms with Crippen molar-refractivity contribution in [3.63, 3.8) is 0 Å². The van der Waals surface area contributed by atoms with Crippen LogP contribution in [-0.4, -0.2) is 43.8 Å². The molecule has 3 aromatic carbocycles. The zero-order valence-electron chi connectivity index (χ0n) is 22.9. The third-order valence-corrected chi connectivity index (χ3v) is 9.69. The molecule has 2 amide bonds. The molecule has 1 atom stereocenters. The maximum Gasteiger partial charge on any atom is 0.264 e. The lowest BCUT2D eigenvalue weighted by Crippen LogP contribution is -2.52. The van der Waals surface area contributed by atoms with Crippen LogP contribution < -0.4 is 9.62 Å². The highest BCUT2D eigenvalue weighted by atomic mass is 79.9. The fourth-order valence-corrected chi connectivity index (χ4v) is 6.78. The van der Waals surface area contributed by atoms with Gasteiger partial charge in [-0.25, -0.2) is 8.42 Å². The molecule has 0 saturated heterocycles. The van der Waals surface area contributed by atoms with E-state index >= 15 is 0 Å². The van der Waals surface area contributed by atoms with Crippen LogP contribution in [0, 0.1) is 0 Å². The molecule has 0 radical (unpaired) electrons. The molecule has 0 spiro atoms. The van der Waals surface area contributed by atoms with Gasteiger partial charge in [0.05, 0.1) is 10.6 Å². The van der Waals surface area contributed by atoms with Crippen LogP contribution in [0.4, 0.5) is 5.69 Å². The van der Waals surface area contributed by atoms with Gasteiger partial charge in [0.1, 0.15) is 12.6 Å². The quantitative estimate of drug-likeness (QED) is 0.297. The molecule has 0 heterocycles. The molecule has 0 aromatic heterocycles. The predicted octanol–water partition coefficient (Wildman–Crippen LogP) is 5.68. The predicted molar refractivity (Wildman–Crippen MR) is 161 cm³/mol. The van der Waals surface area contributed by atoms with Gasteiger partial charge in [-0.2, -0.15) is 0 Å². The molecular formula is C31H36BrN3O4S. The van der Waals surface area contributed by atoms with E-state index in [4.69, 9.17) is 0 Å². The second-order valence-corrected chi connectivity index (χ2v) is 12.9. The molecule has 212 valence electrons. The number of halogens is 1. The van der Waals surface area contributed by atoms with E-state index in [1.54, 1.807) is 37.3 Å². The largest absolute Gasteiger partial charge is 0.352 e. The summed E-state index contributed by atoms with van der Waals surface area (Å²) in [6.07, 6.45) is 4.59. The van der Waals surface area contributed by atoms with Crippen LogP contribution in [0.15, 0.2) is 88.2 Å². The third kappa shape index (κ3) is 7.12. The van der Waals surface area contributed by atoms with Crippen LogP contribution in [0.5, 0.6) is 0 Å². The van der Waals surface area contributed by atoms with Crippen molar-refractivity contribution in [2.75, 3.05) is 10.8 Å². The van der Waals surface area contributed by atoms with Crippen molar-refractivity contribution >= 4 is 43.5 Å². The van der Waals surface area contributed by atoms with Crippen LogP contribution in [-0.2, 0) is 32.6 Å². The number of sulfonamides is 1. The van der Waals surface area contributed by atoms with Crippen molar-refractivity contribution in [1.82, 2.24) is 10.2 Å². The standard InChI is InChI=1S/C31H36BrN3O4S/c1-3-25-11-7-10-16-29(25)35(40(38,39)28-14-5-4-6-15-28)22-30(36)34(21-24-17-19-26(32)20-18-24)23(2)31(37)33-27-12-8-9-13-27/h4-7,10-11,14-20,23,27H,3,8-9,12-13,21-22H2,1-2H3,(H,33,37)/t23-/m0/s1. The third-order valence-electron chi connectivity index (χ3n) is 7.39. The van der Waals surface area contributed by atoms with E-state index in [0.29, 0.717) is 12.1 Å². The van der Waals surface area contributed by atoms with Crippen molar-refractivity contribution in [3.05, 3.63) is 94.5 Å². The van der Waals surface area contributed by atoms with Crippen molar-refractivity contribution in [3.8, 4) is 0 Å². The maximum absolute atomic E-state index is 14.1. The Labute approximate surface area is 245 Å². The monoisotopic (exact) mass is 625 g/mol. The highest BCUT2D eigenvalue weighted by Gasteiger charge is 2.34. The molecule has 0 aliphatic heterocycles. The normalized spacial score (nSPS) is 14.5. The zero-order valence-corrected chi connectivity index (χ0v) is 25.3. The first-order chi connectivity index (χ1) is 19.2. The van der Waals surface area contributed by atoms with E-state index in [1.807, 2.05) is 43.3 Å². The molecule has 0 bridgehead atoms. The first-order valence-corrected chi connectivity index (χ1v) is 15.9. The number of aryl methyl sites for hydroxylation is 1. The van der Waals surface area contributed by atoms with Gasteiger partial charge in [-0.05, 0) is 67.6 Å². The lowest BCUT2D eigenvalue weighted by atomic mass is 10.1. The van der Waals surface area contributed by atoms with Crippen molar-refractivity contribution in [2.45, 2.75) is 69.5 Å². The number of hydrogen-bond donors (Lipinski definition) is 1. The van der Waals surface area contributed by atoms with Gasteiger partial charge in [-0.15, -0.1) is 0 Å². The molecule has 0 unspecified atom stereocenters. The lowest BCUT2D eigenvalue weighted by molar-refractivity contribution is -0.139. The Morgan fingerprint density at radius 1 is 0.950 bits per heavy atom. The van der Waals surface area contributed by atoms with Gasteiger partial charge in [0, 0.05) is 17.1 Å². The van der Waals surface area contributed by atoms with Crippen LogP contribution >= 0.6 is 15.9 Å². The molecule has 7 nitrogen and oxygen atoms in total. The SMILES string of the molecule is CCc1ccccc1N(CC(=O)N(Cc1ccc(Br)cc1)[C@@H](C)C(=O)NC1CCCC1)S(=O)(=O)c1ccccc1. The van der Waals surface area contributed by atoms with E-state index in [-0.39, 0.29) is 23.4 Å². The second-order valence-electron chi connectivity index (χ2n) is 10.1. The van der Waals surface area contributed by atoms with Crippen LogP contribution in [0.1, 0.15) is 50.7 Å². The summed E-state index contributed by atoms with van der Waals surface area (Å²) in [5.74, 6) is -0.689. The number of benzene rings is 3. The Bertz CT molecular complexity index is 1410. The number of nitrogens with zero attached hydrogens (tertiary/aromatic N) is 2. The molecule has 1 aliphatic carbocycles. The molecule has 40 heavy (non-hydrogen) atoms. The van der Waals surface area contributed by atoms with Crippen molar-refractivity contribution in [1.29, 1.82) is 0 Å². The number of amides is 2. The fourth-order valence-electron chi connectivity index (χ4n) is 5.05. The van der Waals surface area contributed by atoms with E-state index in [2.05, 4.69) is 21.2 Å². The number of nitrogens with one attached hydrogen (secondary N) is 1.